The SMILES string of the molecule is CN(C)CC1CCN(C=O)Cc2c1c1ccccc1n2Cc1ccc(CNO)cc1. The molecule has 0 saturated carbocycles. The van der Waals surface area contributed by atoms with Crippen LogP contribution in [0.4, 0.5) is 0 Å². The highest BCUT2D eigenvalue weighted by Gasteiger charge is 2.28. The van der Waals surface area contributed by atoms with Gasteiger partial charge in [0, 0.05) is 48.7 Å². The van der Waals surface area contributed by atoms with Gasteiger partial charge in [0.1, 0.15) is 0 Å². The average Bonchev–Trinajstić information content (AvgIpc) is 2.92. The van der Waals surface area contributed by atoms with Crippen LogP contribution in [0.1, 0.15) is 34.7 Å². The van der Waals surface area contributed by atoms with Gasteiger partial charge in [0.05, 0.1) is 6.54 Å². The topological polar surface area (TPSA) is 60.7 Å². The zero-order valence-corrected chi connectivity index (χ0v) is 17.7. The Morgan fingerprint density at radius 3 is 2.57 bits per heavy atom. The second-order valence-corrected chi connectivity index (χ2v) is 8.44. The summed E-state index contributed by atoms with van der Waals surface area (Å²) in [6.45, 7) is 3.58. The van der Waals surface area contributed by atoms with Crippen LogP contribution in [-0.2, 0) is 24.4 Å². The zero-order chi connectivity index (χ0) is 21.1. The first-order valence-electron chi connectivity index (χ1n) is 10.5. The van der Waals surface area contributed by atoms with Gasteiger partial charge in [0.15, 0.2) is 0 Å². The summed E-state index contributed by atoms with van der Waals surface area (Å²) >= 11 is 0. The van der Waals surface area contributed by atoms with Gasteiger partial charge in [0.2, 0.25) is 6.41 Å². The van der Waals surface area contributed by atoms with Crippen LogP contribution < -0.4 is 5.48 Å². The molecule has 0 aliphatic carbocycles. The highest BCUT2D eigenvalue weighted by atomic mass is 16.5. The van der Waals surface area contributed by atoms with Gasteiger partial charge >= 0.3 is 0 Å². The average molecular weight is 407 g/mol. The third-order valence-electron chi connectivity index (χ3n) is 6.03. The molecule has 0 saturated heterocycles. The van der Waals surface area contributed by atoms with Crippen molar-refractivity contribution in [2.24, 2.45) is 0 Å². The number of hydrogen-bond acceptors (Lipinski definition) is 4. The fourth-order valence-corrected chi connectivity index (χ4v) is 4.68. The molecule has 1 amide bonds. The summed E-state index contributed by atoms with van der Waals surface area (Å²) in [4.78, 5) is 15.9. The Morgan fingerprint density at radius 2 is 1.87 bits per heavy atom. The van der Waals surface area contributed by atoms with E-state index in [9.17, 15) is 4.79 Å². The van der Waals surface area contributed by atoms with E-state index in [1.54, 1.807) is 0 Å². The van der Waals surface area contributed by atoms with Crippen molar-refractivity contribution in [1.29, 1.82) is 0 Å². The number of benzene rings is 2. The first-order valence-corrected chi connectivity index (χ1v) is 10.5. The van der Waals surface area contributed by atoms with Crippen molar-refractivity contribution < 1.29 is 10.0 Å². The van der Waals surface area contributed by atoms with E-state index in [2.05, 4.69) is 65.4 Å². The molecule has 6 nitrogen and oxygen atoms in total. The molecular formula is C24H30N4O2. The molecule has 0 radical (unpaired) electrons. The molecule has 0 fully saturated rings. The fourth-order valence-electron chi connectivity index (χ4n) is 4.68. The zero-order valence-electron chi connectivity index (χ0n) is 17.7. The highest BCUT2D eigenvalue weighted by Crippen LogP contribution is 2.37. The summed E-state index contributed by atoms with van der Waals surface area (Å²) in [6.07, 6.45) is 1.96. The van der Waals surface area contributed by atoms with Crippen LogP contribution in [0.15, 0.2) is 48.5 Å². The number of nitrogens with one attached hydrogen (secondary N) is 1. The van der Waals surface area contributed by atoms with Crippen molar-refractivity contribution in [3.05, 3.63) is 70.9 Å². The molecule has 30 heavy (non-hydrogen) atoms. The van der Waals surface area contributed by atoms with E-state index in [1.165, 1.54) is 27.7 Å². The smallest absolute Gasteiger partial charge is 0.210 e. The summed E-state index contributed by atoms with van der Waals surface area (Å²) in [7, 11) is 4.23. The number of amides is 1. The summed E-state index contributed by atoms with van der Waals surface area (Å²) in [6, 6.07) is 16.9. The van der Waals surface area contributed by atoms with E-state index in [0.717, 1.165) is 38.0 Å². The number of para-hydroxylation sites is 1. The van der Waals surface area contributed by atoms with Crippen molar-refractivity contribution in [1.82, 2.24) is 19.8 Å². The maximum Gasteiger partial charge on any atom is 0.210 e. The maximum absolute atomic E-state index is 11.7. The second-order valence-electron chi connectivity index (χ2n) is 8.44. The lowest BCUT2D eigenvalue weighted by atomic mass is 9.93. The monoisotopic (exact) mass is 406 g/mol. The quantitative estimate of drug-likeness (QED) is 0.467. The van der Waals surface area contributed by atoms with Crippen LogP contribution >= 0.6 is 0 Å². The number of nitrogens with zero attached hydrogens (tertiary/aromatic N) is 3. The van der Waals surface area contributed by atoms with Gasteiger partial charge in [-0.15, -0.1) is 0 Å². The molecule has 2 aromatic carbocycles. The minimum Gasteiger partial charge on any atom is -0.339 e. The number of hydroxylamine groups is 1. The Hall–Kier alpha value is -2.67. The maximum atomic E-state index is 11.7. The van der Waals surface area contributed by atoms with Crippen LogP contribution in [0.5, 0.6) is 0 Å². The highest BCUT2D eigenvalue weighted by molar-refractivity contribution is 5.86. The van der Waals surface area contributed by atoms with E-state index in [-0.39, 0.29) is 0 Å². The van der Waals surface area contributed by atoms with Crippen LogP contribution in [0.2, 0.25) is 0 Å². The number of carbonyl (C=O) groups is 1. The molecule has 158 valence electrons. The summed E-state index contributed by atoms with van der Waals surface area (Å²) in [5.74, 6) is 0.393. The van der Waals surface area contributed by atoms with Gasteiger partial charge in [-0.2, -0.15) is 0 Å². The lowest BCUT2D eigenvalue weighted by molar-refractivity contribution is -0.118. The van der Waals surface area contributed by atoms with Crippen molar-refractivity contribution in [2.45, 2.75) is 32.0 Å². The van der Waals surface area contributed by atoms with Crippen molar-refractivity contribution >= 4 is 17.3 Å². The van der Waals surface area contributed by atoms with E-state index in [4.69, 9.17) is 5.21 Å². The van der Waals surface area contributed by atoms with Crippen LogP contribution in [0.25, 0.3) is 10.9 Å². The van der Waals surface area contributed by atoms with Crippen LogP contribution in [-0.4, -0.2) is 53.2 Å². The molecule has 1 unspecified atom stereocenters. The predicted molar refractivity (Wildman–Crippen MR) is 118 cm³/mol. The van der Waals surface area contributed by atoms with Crippen molar-refractivity contribution in [3.63, 3.8) is 0 Å². The van der Waals surface area contributed by atoms with Crippen molar-refractivity contribution in [3.8, 4) is 0 Å². The summed E-state index contributed by atoms with van der Waals surface area (Å²) in [5, 5.41) is 10.2. The number of rotatable bonds is 7. The van der Waals surface area contributed by atoms with Gasteiger partial charge in [0.25, 0.3) is 0 Å². The van der Waals surface area contributed by atoms with E-state index >= 15 is 0 Å². The molecule has 1 atom stereocenters. The molecule has 4 rings (SSSR count). The third-order valence-corrected chi connectivity index (χ3v) is 6.03. The Labute approximate surface area is 177 Å². The number of carbonyl (C=O) groups excluding carboxylic acids is 1. The van der Waals surface area contributed by atoms with Gasteiger partial charge in [-0.25, -0.2) is 5.48 Å². The van der Waals surface area contributed by atoms with Crippen molar-refractivity contribution in [2.75, 3.05) is 27.2 Å². The predicted octanol–water partition coefficient (Wildman–Crippen LogP) is 3.18. The minimum absolute atomic E-state index is 0.393. The standard InChI is InChI=1S/C24H30N4O2/c1-26(2)15-20-11-12-27(17-29)16-23-24(20)21-5-3-4-6-22(21)28(23)14-19-9-7-18(8-10-19)13-25-30/h3-10,17,20,25,30H,11-16H2,1-2H3. The molecule has 3 aromatic rings. The number of fused-ring (bicyclic) bond motifs is 3. The number of hydrogen-bond donors (Lipinski definition) is 2. The fraction of sp³-hybridized carbons (Fsp3) is 0.375. The van der Waals surface area contributed by atoms with Crippen LogP contribution in [0, 0.1) is 0 Å². The minimum atomic E-state index is 0.393. The van der Waals surface area contributed by atoms with Gasteiger partial charge < -0.3 is 19.6 Å². The summed E-state index contributed by atoms with van der Waals surface area (Å²) in [5.41, 5.74) is 8.30. The number of aromatic nitrogens is 1. The number of likely N-dealkylation sites (N-methyl/N-ethyl adjacent to an activating group) is 1. The molecule has 1 aliphatic rings. The first-order chi connectivity index (χ1) is 14.6. The molecule has 0 spiro atoms. The van der Waals surface area contributed by atoms with Gasteiger partial charge in [-0.3, -0.25) is 4.79 Å². The third kappa shape index (κ3) is 4.12. The second kappa shape index (κ2) is 9.00. The van der Waals surface area contributed by atoms with Gasteiger partial charge in [-0.05, 0) is 43.3 Å². The normalized spacial score (nSPS) is 16.7. The Kier molecular flexibility index (Phi) is 6.18. The molecule has 1 aromatic heterocycles. The van der Waals surface area contributed by atoms with E-state index in [0.29, 0.717) is 19.0 Å². The van der Waals surface area contributed by atoms with E-state index < -0.39 is 0 Å². The molecular weight excluding hydrogens is 376 g/mol. The Bertz CT molecular complexity index is 1010. The van der Waals surface area contributed by atoms with Crippen LogP contribution in [0.3, 0.4) is 0 Å². The first kappa shape index (κ1) is 20.6. The Balaban J connectivity index is 1.81. The summed E-state index contributed by atoms with van der Waals surface area (Å²) < 4.78 is 2.38. The lowest BCUT2D eigenvalue weighted by Gasteiger charge is -2.20. The largest absolute Gasteiger partial charge is 0.339 e. The molecule has 1 aliphatic heterocycles. The molecule has 2 heterocycles. The molecule has 2 N–H and O–H groups in total. The molecule has 6 heteroatoms. The lowest BCUT2D eigenvalue weighted by Crippen LogP contribution is -2.24. The van der Waals surface area contributed by atoms with E-state index in [1.807, 2.05) is 17.0 Å². The van der Waals surface area contributed by atoms with Gasteiger partial charge in [-0.1, -0.05) is 42.5 Å². The Morgan fingerprint density at radius 1 is 1.13 bits per heavy atom. The molecule has 0 bridgehead atoms.